The van der Waals surface area contributed by atoms with Crippen molar-refractivity contribution in [2.75, 3.05) is 4.90 Å². The van der Waals surface area contributed by atoms with Gasteiger partial charge in [-0.1, -0.05) is 115 Å². The van der Waals surface area contributed by atoms with Gasteiger partial charge in [-0.15, -0.1) is 0 Å². The van der Waals surface area contributed by atoms with Gasteiger partial charge in [-0.3, -0.25) is 0 Å². The first-order chi connectivity index (χ1) is 28.8. The summed E-state index contributed by atoms with van der Waals surface area (Å²) in [6, 6.07) is 63.1. The van der Waals surface area contributed by atoms with Crippen LogP contribution in [-0.2, 0) is 0 Å². The van der Waals surface area contributed by atoms with Crippen molar-refractivity contribution in [3.63, 3.8) is 0 Å². The molecule has 3 aromatic heterocycles. The SMILES string of the molecule is C1=CC2C(C=C1c1cccc3oc4ccc(-c5ccc6c(c5)c5ccccc5n6-c5ccccc5)cc4c13)c1c(ccc3c1oc1ccccc13)N2c1ccccc1. The van der Waals surface area contributed by atoms with E-state index in [9.17, 15) is 0 Å². The van der Waals surface area contributed by atoms with E-state index in [-0.39, 0.29) is 12.0 Å². The molecule has 2 unspecified atom stereocenters. The van der Waals surface area contributed by atoms with Gasteiger partial charge in [0, 0.05) is 60.9 Å². The highest BCUT2D eigenvalue weighted by atomic mass is 16.3. The summed E-state index contributed by atoms with van der Waals surface area (Å²) in [5, 5.41) is 7.04. The molecule has 0 saturated heterocycles. The highest BCUT2D eigenvalue weighted by molar-refractivity contribution is 6.14. The number of fused-ring (bicyclic) bond motifs is 13. The van der Waals surface area contributed by atoms with E-state index in [1.165, 1.54) is 55.4 Å². The summed E-state index contributed by atoms with van der Waals surface area (Å²) in [6.07, 6.45) is 7.16. The zero-order valence-corrected chi connectivity index (χ0v) is 31.3. The summed E-state index contributed by atoms with van der Waals surface area (Å²) in [5.41, 5.74) is 15.5. The standard InChI is InChI=1S/C54H34N2O2/c1-3-12-36(13-4-1)55-45-19-9-7-16-39(45)42-30-33(22-26-46(42)55)34-24-29-50-44(31-34)52-38(18-11-21-51(52)57-50)35-23-27-47-43(32-35)53-48(56(47)37-14-5-2-6-15-37)28-25-41-40-17-8-10-20-49(40)58-54(41)53/h1-32,43,47H. The molecule has 0 amide bonds. The maximum atomic E-state index is 6.72. The van der Waals surface area contributed by atoms with Crippen molar-refractivity contribution >= 4 is 82.6 Å². The Balaban J connectivity index is 0.971. The normalized spacial score (nSPS) is 16.3. The van der Waals surface area contributed by atoms with Gasteiger partial charge in [0.15, 0.2) is 0 Å². The number of para-hydroxylation sites is 4. The fourth-order valence-corrected chi connectivity index (χ4v) is 10.00. The fraction of sp³-hybridized carbons (Fsp3) is 0.0370. The molecule has 2 atom stereocenters. The summed E-state index contributed by atoms with van der Waals surface area (Å²) < 4.78 is 15.7. The van der Waals surface area contributed by atoms with Crippen molar-refractivity contribution in [1.29, 1.82) is 0 Å². The van der Waals surface area contributed by atoms with Gasteiger partial charge in [-0.05, 0) is 101 Å². The van der Waals surface area contributed by atoms with E-state index < -0.39 is 0 Å². The third-order valence-electron chi connectivity index (χ3n) is 12.5. The Morgan fingerprint density at radius 2 is 1.16 bits per heavy atom. The number of furan rings is 2. The number of nitrogens with zero attached hydrogens (tertiary/aromatic N) is 2. The van der Waals surface area contributed by atoms with E-state index in [2.05, 4.69) is 204 Å². The number of allylic oxidation sites excluding steroid dienone is 2. The van der Waals surface area contributed by atoms with Gasteiger partial charge in [0.25, 0.3) is 0 Å². The molecule has 0 radical (unpaired) electrons. The average Bonchev–Trinajstić information content (AvgIpc) is 4.04. The largest absolute Gasteiger partial charge is 0.456 e. The van der Waals surface area contributed by atoms with Crippen LogP contribution >= 0.6 is 0 Å². The Hall–Kier alpha value is -7.56. The van der Waals surface area contributed by atoms with Crippen LogP contribution < -0.4 is 4.90 Å². The van der Waals surface area contributed by atoms with E-state index in [4.69, 9.17) is 8.83 Å². The van der Waals surface area contributed by atoms with Crippen LogP contribution in [0.2, 0.25) is 0 Å². The predicted octanol–water partition coefficient (Wildman–Crippen LogP) is 14.5. The van der Waals surface area contributed by atoms with Gasteiger partial charge in [0.05, 0.1) is 17.1 Å². The molecule has 0 N–H and O–H groups in total. The summed E-state index contributed by atoms with van der Waals surface area (Å²) in [4.78, 5) is 2.48. The molecular weight excluding hydrogens is 709 g/mol. The van der Waals surface area contributed by atoms with Gasteiger partial charge < -0.3 is 18.3 Å². The summed E-state index contributed by atoms with van der Waals surface area (Å²) in [7, 11) is 0. The number of anilines is 2. The highest BCUT2D eigenvalue weighted by Crippen LogP contribution is 2.53. The monoisotopic (exact) mass is 742 g/mol. The lowest BCUT2D eigenvalue weighted by Gasteiger charge is -2.29. The van der Waals surface area contributed by atoms with Crippen LogP contribution in [0.5, 0.6) is 0 Å². The van der Waals surface area contributed by atoms with Crippen LogP contribution in [0.25, 0.3) is 88.1 Å². The Bertz CT molecular complexity index is 3530. The molecule has 272 valence electrons. The van der Waals surface area contributed by atoms with Crippen molar-refractivity contribution < 1.29 is 8.83 Å². The molecule has 0 saturated carbocycles. The molecular formula is C54H34N2O2. The van der Waals surface area contributed by atoms with E-state index in [1.807, 2.05) is 0 Å². The highest BCUT2D eigenvalue weighted by Gasteiger charge is 2.41. The van der Waals surface area contributed by atoms with Crippen LogP contribution in [0, 0.1) is 0 Å². The van der Waals surface area contributed by atoms with Crippen LogP contribution in [0.3, 0.4) is 0 Å². The Morgan fingerprint density at radius 3 is 2.02 bits per heavy atom. The topological polar surface area (TPSA) is 34.5 Å². The predicted molar refractivity (Wildman–Crippen MR) is 239 cm³/mol. The molecule has 0 spiro atoms. The average molecular weight is 743 g/mol. The van der Waals surface area contributed by atoms with Gasteiger partial charge in [-0.25, -0.2) is 0 Å². The van der Waals surface area contributed by atoms with Crippen LogP contribution in [0.1, 0.15) is 17.0 Å². The molecule has 4 heterocycles. The maximum absolute atomic E-state index is 6.72. The van der Waals surface area contributed by atoms with Crippen molar-refractivity contribution in [3.8, 4) is 16.8 Å². The van der Waals surface area contributed by atoms with Crippen molar-refractivity contribution in [2.24, 2.45) is 0 Å². The lowest BCUT2D eigenvalue weighted by Crippen LogP contribution is -2.28. The van der Waals surface area contributed by atoms with Gasteiger partial charge in [0.1, 0.15) is 22.3 Å². The Morgan fingerprint density at radius 1 is 0.466 bits per heavy atom. The number of hydrogen-bond acceptors (Lipinski definition) is 3. The maximum Gasteiger partial charge on any atom is 0.141 e. The minimum atomic E-state index is 0.0770. The molecule has 13 rings (SSSR count). The van der Waals surface area contributed by atoms with Crippen molar-refractivity contribution in [3.05, 3.63) is 205 Å². The van der Waals surface area contributed by atoms with E-state index in [0.29, 0.717) is 0 Å². The Labute approximate surface area is 333 Å². The van der Waals surface area contributed by atoms with Crippen molar-refractivity contribution in [1.82, 2.24) is 4.57 Å². The lowest BCUT2D eigenvalue weighted by atomic mass is 9.84. The quantitative estimate of drug-likeness (QED) is 0.180. The molecule has 11 aromatic rings. The smallest absolute Gasteiger partial charge is 0.141 e. The van der Waals surface area contributed by atoms with E-state index in [0.717, 1.165) is 55.1 Å². The fourth-order valence-electron chi connectivity index (χ4n) is 10.00. The molecule has 0 bridgehead atoms. The number of hydrogen-bond donors (Lipinski definition) is 0. The number of rotatable bonds is 4. The second-order valence-electron chi connectivity index (χ2n) is 15.6. The van der Waals surface area contributed by atoms with Crippen molar-refractivity contribution in [2.45, 2.75) is 12.0 Å². The van der Waals surface area contributed by atoms with Gasteiger partial charge in [0.2, 0.25) is 0 Å². The summed E-state index contributed by atoms with van der Waals surface area (Å²) >= 11 is 0. The first-order valence-electron chi connectivity index (χ1n) is 20.0. The van der Waals surface area contributed by atoms with E-state index >= 15 is 0 Å². The van der Waals surface area contributed by atoms with Crippen LogP contribution in [-0.4, -0.2) is 10.6 Å². The summed E-state index contributed by atoms with van der Waals surface area (Å²) in [5.74, 6) is 0.0770. The first-order valence-corrected chi connectivity index (χ1v) is 20.0. The zero-order valence-electron chi connectivity index (χ0n) is 31.3. The van der Waals surface area contributed by atoms with Gasteiger partial charge in [-0.2, -0.15) is 0 Å². The molecule has 58 heavy (non-hydrogen) atoms. The molecule has 1 aliphatic carbocycles. The molecule has 2 aliphatic rings. The molecule has 4 nitrogen and oxygen atoms in total. The Kier molecular flexibility index (Phi) is 6.53. The molecule has 1 aliphatic heterocycles. The van der Waals surface area contributed by atoms with Crippen LogP contribution in [0.4, 0.5) is 11.4 Å². The minimum Gasteiger partial charge on any atom is -0.456 e. The van der Waals surface area contributed by atoms with E-state index in [1.54, 1.807) is 0 Å². The number of benzene rings is 8. The minimum absolute atomic E-state index is 0.0770. The van der Waals surface area contributed by atoms with Gasteiger partial charge >= 0.3 is 0 Å². The summed E-state index contributed by atoms with van der Waals surface area (Å²) in [6.45, 7) is 0. The number of aromatic nitrogens is 1. The third kappa shape index (κ3) is 4.45. The second kappa shape index (κ2) is 12.0. The molecule has 4 heteroatoms. The molecule has 8 aromatic carbocycles. The first kappa shape index (κ1) is 31.6. The zero-order chi connectivity index (χ0) is 37.9. The molecule has 0 fully saturated rings. The second-order valence-corrected chi connectivity index (χ2v) is 15.6. The third-order valence-corrected chi connectivity index (χ3v) is 12.5. The van der Waals surface area contributed by atoms with Crippen LogP contribution in [0.15, 0.2) is 203 Å². The lowest BCUT2D eigenvalue weighted by molar-refractivity contribution is 0.656.